The highest BCUT2D eigenvalue weighted by molar-refractivity contribution is 7.99. The quantitative estimate of drug-likeness (QED) is 0.393. The number of carbonyl (C=O) groups is 2. The largest absolute Gasteiger partial charge is 0.496 e. The van der Waals surface area contributed by atoms with Crippen LogP contribution in [-0.2, 0) is 9.59 Å². The van der Waals surface area contributed by atoms with Crippen LogP contribution in [0.2, 0.25) is 0 Å². The molecule has 0 bridgehead atoms. The van der Waals surface area contributed by atoms with Gasteiger partial charge in [-0.1, -0.05) is 42.5 Å². The van der Waals surface area contributed by atoms with Crippen LogP contribution in [0.3, 0.4) is 0 Å². The number of esters is 2. The molecule has 0 fully saturated rings. The third-order valence-electron chi connectivity index (χ3n) is 4.21. The Labute approximate surface area is 188 Å². The van der Waals surface area contributed by atoms with Gasteiger partial charge < -0.3 is 19.1 Å². The maximum atomic E-state index is 11.6. The van der Waals surface area contributed by atoms with Crippen molar-refractivity contribution in [3.63, 3.8) is 0 Å². The zero-order valence-corrected chi connectivity index (χ0v) is 19.4. The van der Waals surface area contributed by atoms with Crippen molar-refractivity contribution in [2.24, 2.45) is 0 Å². The van der Waals surface area contributed by atoms with Crippen molar-refractivity contribution in [2.75, 3.05) is 33.5 Å². The Bertz CT molecular complexity index is 912. The average molecular weight is 444 g/mol. The lowest BCUT2D eigenvalue weighted by Gasteiger charge is -2.20. The number of benzene rings is 2. The summed E-state index contributed by atoms with van der Waals surface area (Å²) < 4.78 is 16.2. The molecule has 0 saturated carbocycles. The molecule has 0 radical (unpaired) electrons. The van der Waals surface area contributed by atoms with Crippen LogP contribution in [-0.4, -0.2) is 50.3 Å². The second-order valence-electron chi connectivity index (χ2n) is 7.09. The van der Waals surface area contributed by atoms with Gasteiger partial charge in [0, 0.05) is 37.8 Å². The van der Waals surface area contributed by atoms with Gasteiger partial charge >= 0.3 is 11.9 Å². The molecule has 0 heterocycles. The summed E-state index contributed by atoms with van der Waals surface area (Å²) in [6.45, 7) is 3.51. The molecule has 6 nitrogen and oxygen atoms in total. The Kier molecular flexibility index (Phi) is 9.62. The van der Waals surface area contributed by atoms with Gasteiger partial charge in [-0.05, 0) is 25.7 Å². The standard InChI is InChI=1S/C24H29NO5S/c1-17(26)29-22-15-20(21(28-5)16-23(22)30-18(2)27)24(31-14-13-25(3)4)12-11-19-9-7-6-8-10-19/h6-12,15-16,24H,13-14H2,1-5H3/b12-11+. The molecular formula is C24H29NO5S. The first-order chi connectivity index (χ1) is 14.8. The van der Waals surface area contributed by atoms with Gasteiger partial charge in [0.15, 0.2) is 11.5 Å². The summed E-state index contributed by atoms with van der Waals surface area (Å²) in [6.07, 6.45) is 4.15. The lowest BCUT2D eigenvalue weighted by Crippen LogP contribution is -2.15. The SMILES string of the molecule is COc1cc(OC(C)=O)c(OC(C)=O)cc1C(/C=C/c1ccccc1)SCCN(C)C. The van der Waals surface area contributed by atoms with Gasteiger partial charge in [0.1, 0.15) is 5.75 Å². The molecular weight excluding hydrogens is 414 g/mol. The van der Waals surface area contributed by atoms with Crippen LogP contribution >= 0.6 is 11.8 Å². The van der Waals surface area contributed by atoms with E-state index < -0.39 is 11.9 Å². The molecule has 0 aliphatic carbocycles. The van der Waals surface area contributed by atoms with E-state index in [1.807, 2.05) is 44.4 Å². The summed E-state index contributed by atoms with van der Waals surface area (Å²) >= 11 is 1.74. The van der Waals surface area contributed by atoms with Crippen molar-refractivity contribution in [3.8, 4) is 17.2 Å². The first-order valence-electron chi connectivity index (χ1n) is 9.88. The molecule has 31 heavy (non-hydrogen) atoms. The fourth-order valence-corrected chi connectivity index (χ4v) is 4.08. The lowest BCUT2D eigenvalue weighted by molar-refractivity contribution is -0.134. The van der Waals surface area contributed by atoms with E-state index in [4.69, 9.17) is 14.2 Å². The van der Waals surface area contributed by atoms with Gasteiger partial charge in [-0.3, -0.25) is 9.59 Å². The molecule has 0 aliphatic rings. The second-order valence-corrected chi connectivity index (χ2v) is 8.34. The molecule has 0 aliphatic heterocycles. The topological polar surface area (TPSA) is 65.1 Å². The fraction of sp³-hybridized carbons (Fsp3) is 0.333. The monoisotopic (exact) mass is 443 g/mol. The number of hydrogen-bond donors (Lipinski definition) is 0. The summed E-state index contributed by atoms with van der Waals surface area (Å²) in [5, 5.41) is -0.0733. The van der Waals surface area contributed by atoms with Gasteiger partial charge in [-0.25, -0.2) is 0 Å². The predicted octanol–water partition coefficient (Wildman–Crippen LogP) is 4.60. The van der Waals surface area contributed by atoms with Crippen LogP contribution in [0, 0.1) is 0 Å². The average Bonchev–Trinajstić information content (AvgIpc) is 2.71. The van der Waals surface area contributed by atoms with E-state index >= 15 is 0 Å². The molecule has 1 atom stereocenters. The Morgan fingerprint density at radius 1 is 1.00 bits per heavy atom. The maximum absolute atomic E-state index is 11.6. The van der Waals surface area contributed by atoms with E-state index in [0.717, 1.165) is 23.4 Å². The Morgan fingerprint density at radius 2 is 1.61 bits per heavy atom. The summed E-state index contributed by atoms with van der Waals surface area (Å²) in [5.41, 5.74) is 1.90. The molecule has 1 unspecified atom stereocenters. The van der Waals surface area contributed by atoms with Crippen LogP contribution in [0.25, 0.3) is 6.08 Å². The minimum Gasteiger partial charge on any atom is -0.496 e. The zero-order chi connectivity index (χ0) is 22.8. The molecule has 166 valence electrons. The van der Waals surface area contributed by atoms with E-state index in [-0.39, 0.29) is 16.7 Å². The van der Waals surface area contributed by atoms with Crippen LogP contribution in [0.4, 0.5) is 0 Å². The summed E-state index contributed by atoms with van der Waals surface area (Å²) in [6, 6.07) is 13.3. The Hall–Kier alpha value is -2.77. The van der Waals surface area contributed by atoms with Crippen molar-refractivity contribution in [2.45, 2.75) is 19.1 Å². The van der Waals surface area contributed by atoms with E-state index in [1.165, 1.54) is 13.8 Å². The van der Waals surface area contributed by atoms with Gasteiger partial charge in [-0.2, -0.15) is 0 Å². The molecule has 2 rings (SSSR count). The van der Waals surface area contributed by atoms with E-state index in [0.29, 0.717) is 5.75 Å². The maximum Gasteiger partial charge on any atom is 0.308 e. The number of methoxy groups -OCH3 is 1. The van der Waals surface area contributed by atoms with Crippen LogP contribution < -0.4 is 14.2 Å². The molecule has 0 spiro atoms. The second kappa shape index (κ2) is 12.2. The van der Waals surface area contributed by atoms with Gasteiger partial charge in [0.2, 0.25) is 0 Å². The van der Waals surface area contributed by atoms with Crippen LogP contribution in [0.5, 0.6) is 17.2 Å². The van der Waals surface area contributed by atoms with Gasteiger partial charge in [0.05, 0.1) is 12.4 Å². The fourth-order valence-electron chi connectivity index (χ4n) is 2.80. The summed E-state index contributed by atoms with van der Waals surface area (Å²) in [5.74, 6) is 0.754. The van der Waals surface area contributed by atoms with Crippen molar-refractivity contribution in [3.05, 3.63) is 59.7 Å². The smallest absolute Gasteiger partial charge is 0.308 e. The van der Waals surface area contributed by atoms with E-state index in [1.54, 1.807) is 31.0 Å². The summed E-state index contributed by atoms with van der Waals surface area (Å²) in [4.78, 5) is 25.3. The highest BCUT2D eigenvalue weighted by atomic mass is 32.2. The molecule has 7 heteroatoms. The predicted molar refractivity (Wildman–Crippen MR) is 125 cm³/mol. The first-order valence-corrected chi connectivity index (χ1v) is 10.9. The lowest BCUT2D eigenvalue weighted by atomic mass is 10.1. The first kappa shape index (κ1) is 24.5. The summed E-state index contributed by atoms with van der Waals surface area (Å²) in [7, 11) is 5.62. The molecule has 2 aromatic rings. The molecule has 0 N–H and O–H groups in total. The Morgan fingerprint density at radius 3 is 2.16 bits per heavy atom. The third-order valence-corrected chi connectivity index (χ3v) is 5.40. The van der Waals surface area contributed by atoms with Gasteiger partial charge in [-0.15, -0.1) is 11.8 Å². The van der Waals surface area contributed by atoms with Crippen molar-refractivity contribution in [1.82, 2.24) is 4.90 Å². The highest BCUT2D eigenvalue weighted by Crippen LogP contribution is 2.43. The van der Waals surface area contributed by atoms with Crippen LogP contribution in [0.1, 0.15) is 30.2 Å². The van der Waals surface area contributed by atoms with E-state index in [9.17, 15) is 9.59 Å². The molecule has 0 saturated heterocycles. The minimum absolute atomic E-state index is 0.0733. The number of carbonyl (C=O) groups excluding carboxylic acids is 2. The molecule has 0 aromatic heterocycles. The van der Waals surface area contributed by atoms with Gasteiger partial charge in [0.25, 0.3) is 0 Å². The number of nitrogens with zero attached hydrogens (tertiary/aromatic N) is 1. The normalized spacial score (nSPS) is 12.1. The molecule has 2 aromatic carbocycles. The van der Waals surface area contributed by atoms with Crippen molar-refractivity contribution >= 4 is 29.8 Å². The number of rotatable bonds is 10. The Balaban J connectivity index is 2.48. The molecule has 0 amide bonds. The number of ether oxygens (including phenoxy) is 3. The van der Waals surface area contributed by atoms with Crippen LogP contribution in [0.15, 0.2) is 48.5 Å². The highest BCUT2D eigenvalue weighted by Gasteiger charge is 2.21. The van der Waals surface area contributed by atoms with Crippen molar-refractivity contribution < 1.29 is 23.8 Å². The van der Waals surface area contributed by atoms with E-state index in [2.05, 4.69) is 17.1 Å². The van der Waals surface area contributed by atoms with Crippen molar-refractivity contribution in [1.29, 1.82) is 0 Å². The number of hydrogen-bond acceptors (Lipinski definition) is 7. The minimum atomic E-state index is -0.510. The number of thioether (sulfide) groups is 1. The third kappa shape index (κ3) is 8.11. The zero-order valence-electron chi connectivity index (χ0n) is 18.6.